The van der Waals surface area contributed by atoms with Crippen molar-refractivity contribution in [2.75, 3.05) is 18.7 Å². The highest BCUT2D eigenvalue weighted by Gasteiger charge is 2.21. The van der Waals surface area contributed by atoms with Gasteiger partial charge in [0.05, 0.1) is 16.3 Å². The summed E-state index contributed by atoms with van der Waals surface area (Å²) in [4.78, 5) is 24.0. The number of hydrogen-bond acceptors (Lipinski definition) is 5. The first-order valence-electron chi connectivity index (χ1n) is 6.85. The number of anilines is 1. The third kappa shape index (κ3) is 3.73. The van der Waals surface area contributed by atoms with Crippen LogP contribution in [0.2, 0.25) is 5.02 Å². The van der Waals surface area contributed by atoms with Crippen molar-refractivity contribution in [3.05, 3.63) is 50.6 Å². The van der Waals surface area contributed by atoms with E-state index in [2.05, 4.69) is 27.9 Å². The molecule has 0 atom stereocenters. The molecule has 1 N–H and O–H groups in total. The van der Waals surface area contributed by atoms with E-state index in [9.17, 15) is 9.59 Å². The molecule has 0 fully saturated rings. The number of amides is 1. The summed E-state index contributed by atoms with van der Waals surface area (Å²) < 4.78 is 16.3. The van der Waals surface area contributed by atoms with Crippen LogP contribution in [0.4, 0.5) is 5.69 Å². The van der Waals surface area contributed by atoms with Crippen molar-refractivity contribution in [1.29, 1.82) is 0 Å². The molecule has 2 aromatic carbocycles. The van der Waals surface area contributed by atoms with E-state index >= 15 is 0 Å². The van der Waals surface area contributed by atoms with Crippen molar-refractivity contribution in [3.63, 3.8) is 0 Å². The highest BCUT2D eigenvalue weighted by Crippen LogP contribution is 2.39. The smallest absolute Gasteiger partial charge is 0.338 e. The standard InChI is InChI=1S/C16H11ClINO5/c17-10-5-9(6-13-15(10)24-8-23-13)16(21)22-7-14(20)19-12-4-2-1-3-11(12)18/h1-6H,7-8H2,(H,19,20). The van der Waals surface area contributed by atoms with Crippen molar-refractivity contribution >= 4 is 51.8 Å². The molecule has 1 amide bonds. The second-order valence-electron chi connectivity index (χ2n) is 4.80. The zero-order chi connectivity index (χ0) is 17.1. The molecule has 0 saturated carbocycles. The number of rotatable bonds is 4. The van der Waals surface area contributed by atoms with Gasteiger partial charge in [-0.05, 0) is 46.9 Å². The van der Waals surface area contributed by atoms with E-state index in [0.717, 1.165) is 3.57 Å². The normalized spacial score (nSPS) is 11.9. The van der Waals surface area contributed by atoms with E-state index < -0.39 is 18.5 Å². The first kappa shape index (κ1) is 16.8. The Morgan fingerprint density at radius 2 is 2.04 bits per heavy atom. The summed E-state index contributed by atoms with van der Waals surface area (Å²) in [6.07, 6.45) is 0. The number of ether oxygens (including phenoxy) is 3. The number of carbonyl (C=O) groups is 2. The van der Waals surface area contributed by atoms with Crippen LogP contribution in [-0.2, 0) is 9.53 Å². The second-order valence-corrected chi connectivity index (χ2v) is 6.37. The van der Waals surface area contributed by atoms with Gasteiger partial charge in [0, 0.05) is 3.57 Å². The number of carbonyl (C=O) groups excluding carboxylic acids is 2. The Labute approximate surface area is 156 Å². The number of nitrogens with one attached hydrogen (secondary N) is 1. The Morgan fingerprint density at radius 1 is 1.25 bits per heavy atom. The fourth-order valence-corrected chi connectivity index (χ4v) is 2.84. The van der Waals surface area contributed by atoms with Gasteiger partial charge in [-0.15, -0.1) is 0 Å². The highest BCUT2D eigenvalue weighted by molar-refractivity contribution is 14.1. The van der Waals surface area contributed by atoms with Crippen LogP contribution in [0.15, 0.2) is 36.4 Å². The summed E-state index contributed by atoms with van der Waals surface area (Å²) in [5.74, 6) is -0.338. The van der Waals surface area contributed by atoms with Gasteiger partial charge in [-0.3, -0.25) is 4.79 Å². The van der Waals surface area contributed by atoms with Crippen molar-refractivity contribution in [1.82, 2.24) is 0 Å². The third-order valence-electron chi connectivity index (χ3n) is 3.15. The Kier molecular flexibility index (Phi) is 5.10. The molecule has 1 aliphatic rings. The fraction of sp³-hybridized carbons (Fsp3) is 0.125. The number of halogens is 2. The lowest BCUT2D eigenvalue weighted by molar-refractivity contribution is -0.119. The van der Waals surface area contributed by atoms with Crippen LogP contribution in [0.5, 0.6) is 11.5 Å². The Bertz CT molecular complexity index is 811. The molecule has 6 nitrogen and oxygen atoms in total. The molecule has 124 valence electrons. The summed E-state index contributed by atoms with van der Waals surface area (Å²) >= 11 is 8.12. The third-order valence-corrected chi connectivity index (χ3v) is 4.37. The minimum atomic E-state index is -0.673. The van der Waals surface area contributed by atoms with Gasteiger partial charge in [0.1, 0.15) is 0 Å². The van der Waals surface area contributed by atoms with Gasteiger partial charge in [-0.2, -0.15) is 0 Å². The monoisotopic (exact) mass is 459 g/mol. The minimum Gasteiger partial charge on any atom is -0.454 e. The molecule has 1 heterocycles. The van der Waals surface area contributed by atoms with E-state index in [0.29, 0.717) is 17.2 Å². The van der Waals surface area contributed by atoms with Gasteiger partial charge < -0.3 is 19.5 Å². The number of esters is 1. The molecule has 3 rings (SSSR count). The van der Waals surface area contributed by atoms with Crippen molar-refractivity contribution in [2.24, 2.45) is 0 Å². The summed E-state index contributed by atoms with van der Waals surface area (Å²) in [6.45, 7) is -0.360. The van der Waals surface area contributed by atoms with Crippen LogP contribution in [0.25, 0.3) is 0 Å². The van der Waals surface area contributed by atoms with Crippen LogP contribution in [0.1, 0.15) is 10.4 Å². The number of para-hydroxylation sites is 1. The number of hydrogen-bond donors (Lipinski definition) is 1. The quantitative estimate of drug-likeness (QED) is 0.560. The fourth-order valence-electron chi connectivity index (χ4n) is 2.05. The molecule has 0 unspecified atom stereocenters. The first-order valence-corrected chi connectivity index (χ1v) is 8.31. The van der Waals surface area contributed by atoms with Crippen molar-refractivity contribution < 1.29 is 23.8 Å². The molecule has 0 aromatic heterocycles. The lowest BCUT2D eigenvalue weighted by Crippen LogP contribution is -2.21. The highest BCUT2D eigenvalue weighted by atomic mass is 127. The van der Waals surface area contributed by atoms with Gasteiger partial charge in [0.25, 0.3) is 5.91 Å². The van der Waals surface area contributed by atoms with Gasteiger partial charge in [-0.1, -0.05) is 23.7 Å². The molecule has 2 aromatic rings. The lowest BCUT2D eigenvalue weighted by atomic mass is 10.2. The van der Waals surface area contributed by atoms with Crippen LogP contribution in [-0.4, -0.2) is 25.3 Å². The Morgan fingerprint density at radius 3 is 2.83 bits per heavy atom. The Balaban J connectivity index is 1.61. The van der Waals surface area contributed by atoms with E-state index in [4.69, 9.17) is 25.8 Å². The topological polar surface area (TPSA) is 73.9 Å². The molecule has 0 spiro atoms. The second kappa shape index (κ2) is 7.27. The summed E-state index contributed by atoms with van der Waals surface area (Å²) in [5.41, 5.74) is 0.844. The van der Waals surface area contributed by atoms with Gasteiger partial charge in [-0.25, -0.2) is 4.79 Å². The van der Waals surface area contributed by atoms with Crippen LogP contribution >= 0.6 is 34.2 Å². The van der Waals surface area contributed by atoms with Gasteiger partial charge in [0.2, 0.25) is 6.79 Å². The molecule has 0 saturated heterocycles. The predicted molar refractivity (Wildman–Crippen MR) is 95.6 cm³/mol. The zero-order valence-electron chi connectivity index (χ0n) is 12.2. The van der Waals surface area contributed by atoms with E-state index in [1.54, 1.807) is 12.1 Å². The van der Waals surface area contributed by atoms with Gasteiger partial charge >= 0.3 is 5.97 Å². The molecular formula is C16H11ClINO5. The minimum absolute atomic E-state index is 0.0473. The summed E-state index contributed by atoms with van der Waals surface area (Å²) in [7, 11) is 0. The average Bonchev–Trinajstić information content (AvgIpc) is 3.04. The SMILES string of the molecule is O=C(COC(=O)c1cc(Cl)c2c(c1)OCO2)Nc1ccccc1I. The van der Waals surface area contributed by atoms with Crippen LogP contribution < -0.4 is 14.8 Å². The van der Waals surface area contributed by atoms with Crippen LogP contribution in [0.3, 0.4) is 0 Å². The summed E-state index contributed by atoms with van der Waals surface area (Å²) in [5, 5.41) is 2.93. The number of benzene rings is 2. The maximum absolute atomic E-state index is 12.1. The van der Waals surface area contributed by atoms with Crippen molar-refractivity contribution in [3.8, 4) is 11.5 Å². The largest absolute Gasteiger partial charge is 0.454 e. The van der Waals surface area contributed by atoms with Crippen molar-refractivity contribution in [2.45, 2.75) is 0 Å². The van der Waals surface area contributed by atoms with E-state index in [1.807, 2.05) is 12.1 Å². The molecule has 1 aliphatic heterocycles. The van der Waals surface area contributed by atoms with E-state index in [-0.39, 0.29) is 17.4 Å². The molecular weight excluding hydrogens is 449 g/mol. The molecule has 24 heavy (non-hydrogen) atoms. The molecule has 0 aliphatic carbocycles. The predicted octanol–water partition coefficient (Wildman–Crippen LogP) is 3.47. The number of fused-ring (bicyclic) bond motifs is 1. The zero-order valence-corrected chi connectivity index (χ0v) is 15.1. The molecule has 0 bridgehead atoms. The maximum atomic E-state index is 12.1. The summed E-state index contributed by atoms with van der Waals surface area (Å²) in [6, 6.07) is 10.2. The maximum Gasteiger partial charge on any atom is 0.338 e. The molecule has 8 heteroatoms. The average molecular weight is 460 g/mol. The van der Waals surface area contributed by atoms with Crippen LogP contribution in [0, 0.1) is 3.57 Å². The Hall–Kier alpha value is -2.00. The molecule has 0 radical (unpaired) electrons. The first-order chi connectivity index (χ1) is 11.5. The van der Waals surface area contributed by atoms with Gasteiger partial charge in [0.15, 0.2) is 18.1 Å². The lowest BCUT2D eigenvalue weighted by Gasteiger charge is -2.08. The van der Waals surface area contributed by atoms with E-state index in [1.165, 1.54) is 12.1 Å².